The lowest BCUT2D eigenvalue weighted by Gasteiger charge is -2.30. The smallest absolute Gasteiger partial charge is 0.162 e. The molecular formula is C11H19N3O2. The van der Waals surface area contributed by atoms with Crippen LogP contribution in [0.3, 0.4) is 0 Å². The molecule has 2 heterocycles. The van der Waals surface area contributed by atoms with Crippen molar-refractivity contribution >= 4 is 0 Å². The van der Waals surface area contributed by atoms with Gasteiger partial charge < -0.3 is 14.6 Å². The van der Waals surface area contributed by atoms with Gasteiger partial charge in [-0.25, -0.2) is 0 Å². The second-order valence-electron chi connectivity index (χ2n) is 4.31. The number of aromatic nitrogens is 1. The highest BCUT2D eigenvalue weighted by atomic mass is 16.5. The number of rotatable bonds is 4. The van der Waals surface area contributed by atoms with Crippen LogP contribution in [0.15, 0.2) is 10.6 Å². The van der Waals surface area contributed by atoms with E-state index in [1.807, 2.05) is 6.07 Å². The van der Waals surface area contributed by atoms with Gasteiger partial charge in [-0.05, 0) is 6.92 Å². The molecule has 2 rings (SSSR count). The highest BCUT2D eigenvalue weighted by Gasteiger charge is 2.17. The summed E-state index contributed by atoms with van der Waals surface area (Å²) in [6.07, 6.45) is 0. The summed E-state index contributed by atoms with van der Waals surface area (Å²) in [4.78, 5) is 2.38. The third kappa shape index (κ3) is 3.04. The normalized spacial score (nSPS) is 22.5. The molecule has 0 amide bonds. The van der Waals surface area contributed by atoms with Crippen LogP contribution in [0, 0.1) is 0 Å². The lowest BCUT2D eigenvalue weighted by atomic mass is 10.2. The van der Waals surface area contributed by atoms with E-state index in [2.05, 4.69) is 22.3 Å². The summed E-state index contributed by atoms with van der Waals surface area (Å²) in [7, 11) is 1.65. The quantitative estimate of drug-likeness (QED) is 0.814. The molecule has 1 saturated heterocycles. The molecule has 16 heavy (non-hydrogen) atoms. The summed E-state index contributed by atoms with van der Waals surface area (Å²) in [5, 5.41) is 7.45. The van der Waals surface area contributed by atoms with Gasteiger partial charge in [0.25, 0.3) is 0 Å². The molecule has 0 bridgehead atoms. The molecule has 0 saturated carbocycles. The van der Waals surface area contributed by atoms with Crippen molar-refractivity contribution in [3.05, 3.63) is 17.5 Å². The van der Waals surface area contributed by atoms with Crippen LogP contribution in [-0.2, 0) is 17.9 Å². The Balaban J connectivity index is 1.87. The molecule has 1 aromatic heterocycles. The molecule has 1 fully saturated rings. The van der Waals surface area contributed by atoms with Gasteiger partial charge in [0.05, 0.1) is 5.69 Å². The third-order valence-electron chi connectivity index (χ3n) is 2.73. The van der Waals surface area contributed by atoms with Crippen molar-refractivity contribution in [3.63, 3.8) is 0 Å². The first-order valence-corrected chi connectivity index (χ1v) is 5.67. The summed E-state index contributed by atoms with van der Waals surface area (Å²) in [5.41, 5.74) is 0.987. The lowest BCUT2D eigenvalue weighted by molar-refractivity contribution is 0.155. The molecule has 0 aromatic carbocycles. The average molecular weight is 225 g/mol. The highest BCUT2D eigenvalue weighted by Crippen LogP contribution is 2.09. The van der Waals surface area contributed by atoms with Crippen molar-refractivity contribution in [3.8, 4) is 0 Å². The van der Waals surface area contributed by atoms with Crippen LogP contribution in [0.1, 0.15) is 18.4 Å². The Morgan fingerprint density at radius 1 is 1.69 bits per heavy atom. The zero-order valence-electron chi connectivity index (χ0n) is 9.90. The van der Waals surface area contributed by atoms with E-state index in [1.165, 1.54) is 0 Å². The molecule has 1 aliphatic heterocycles. The van der Waals surface area contributed by atoms with Crippen LogP contribution in [0.25, 0.3) is 0 Å². The summed E-state index contributed by atoms with van der Waals surface area (Å²) >= 11 is 0. The van der Waals surface area contributed by atoms with Crippen molar-refractivity contribution in [1.82, 2.24) is 15.4 Å². The Labute approximate surface area is 95.7 Å². The van der Waals surface area contributed by atoms with Crippen LogP contribution in [0.4, 0.5) is 0 Å². The first-order valence-electron chi connectivity index (χ1n) is 5.67. The maximum atomic E-state index is 5.16. The summed E-state index contributed by atoms with van der Waals surface area (Å²) < 4.78 is 10.1. The second kappa shape index (κ2) is 5.43. The van der Waals surface area contributed by atoms with Gasteiger partial charge in [0, 0.05) is 45.4 Å². The van der Waals surface area contributed by atoms with Gasteiger partial charge in [0.15, 0.2) is 5.76 Å². The summed E-state index contributed by atoms with van der Waals surface area (Å²) in [6, 6.07) is 2.52. The summed E-state index contributed by atoms with van der Waals surface area (Å²) in [5.74, 6) is 0.792. The number of piperazine rings is 1. The number of ether oxygens (including phenoxy) is 1. The second-order valence-corrected chi connectivity index (χ2v) is 4.31. The molecule has 1 atom stereocenters. The average Bonchev–Trinajstić information content (AvgIpc) is 2.66. The Kier molecular flexibility index (Phi) is 3.93. The van der Waals surface area contributed by atoms with Crippen molar-refractivity contribution in [1.29, 1.82) is 0 Å². The Morgan fingerprint density at radius 3 is 3.31 bits per heavy atom. The van der Waals surface area contributed by atoms with Gasteiger partial charge >= 0.3 is 0 Å². The largest absolute Gasteiger partial charge is 0.377 e. The van der Waals surface area contributed by atoms with E-state index in [-0.39, 0.29) is 0 Å². The first kappa shape index (κ1) is 11.6. The van der Waals surface area contributed by atoms with E-state index >= 15 is 0 Å². The molecule has 0 aliphatic carbocycles. The fourth-order valence-electron chi connectivity index (χ4n) is 2.03. The third-order valence-corrected chi connectivity index (χ3v) is 2.73. The molecule has 1 aromatic rings. The van der Waals surface area contributed by atoms with Crippen molar-refractivity contribution in [2.45, 2.75) is 26.1 Å². The van der Waals surface area contributed by atoms with Gasteiger partial charge in [-0.2, -0.15) is 0 Å². The predicted octanol–water partition coefficient (Wildman–Crippen LogP) is 0.615. The van der Waals surface area contributed by atoms with Gasteiger partial charge in [0.2, 0.25) is 0 Å². The van der Waals surface area contributed by atoms with Gasteiger partial charge in [-0.15, -0.1) is 0 Å². The molecule has 1 aliphatic rings. The first-order chi connectivity index (χ1) is 7.78. The van der Waals surface area contributed by atoms with Gasteiger partial charge in [-0.3, -0.25) is 4.90 Å². The fraction of sp³-hybridized carbons (Fsp3) is 0.727. The molecule has 5 heteroatoms. The van der Waals surface area contributed by atoms with E-state index in [1.54, 1.807) is 7.11 Å². The van der Waals surface area contributed by atoms with Crippen LogP contribution in [0.2, 0.25) is 0 Å². The van der Waals surface area contributed by atoms with Crippen molar-refractivity contribution in [2.24, 2.45) is 0 Å². The minimum Gasteiger partial charge on any atom is -0.377 e. The topological polar surface area (TPSA) is 50.5 Å². The zero-order chi connectivity index (χ0) is 11.4. The van der Waals surface area contributed by atoms with Gasteiger partial charge in [0.1, 0.15) is 6.61 Å². The molecular weight excluding hydrogens is 206 g/mol. The number of hydrogen-bond donors (Lipinski definition) is 1. The maximum Gasteiger partial charge on any atom is 0.162 e. The summed E-state index contributed by atoms with van der Waals surface area (Å²) in [6.45, 7) is 6.72. The van der Waals surface area contributed by atoms with E-state index in [4.69, 9.17) is 9.26 Å². The number of methoxy groups -OCH3 is 1. The van der Waals surface area contributed by atoms with Crippen molar-refractivity contribution < 1.29 is 9.26 Å². The number of hydrogen-bond acceptors (Lipinski definition) is 5. The SMILES string of the molecule is COCc1cc(CN2CCNC(C)C2)no1. The van der Waals surface area contributed by atoms with Crippen LogP contribution >= 0.6 is 0 Å². The zero-order valence-corrected chi connectivity index (χ0v) is 9.90. The number of nitrogens with zero attached hydrogens (tertiary/aromatic N) is 2. The van der Waals surface area contributed by atoms with Crippen LogP contribution in [-0.4, -0.2) is 42.8 Å². The van der Waals surface area contributed by atoms with Crippen LogP contribution in [0.5, 0.6) is 0 Å². The highest BCUT2D eigenvalue weighted by molar-refractivity contribution is 5.04. The monoisotopic (exact) mass is 225 g/mol. The van der Waals surface area contributed by atoms with Crippen molar-refractivity contribution in [2.75, 3.05) is 26.7 Å². The molecule has 0 radical (unpaired) electrons. The predicted molar refractivity (Wildman–Crippen MR) is 60.0 cm³/mol. The minimum atomic E-state index is 0.491. The Bertz CT molecular complexity index is 327. The van der Waals surface area contributed by atoms with E-state index in [0.29, 0.717) is 12.6 Å². The molecule has 5 nitrogen and oxygen atoms in total. The Hall–Kier alpha value is -0.910. The van der Waals surface area contributed by atoms with Gasteiger partial charge in [-0.1, -0.05) is 5.16 Å². The lowest BCUT2D eigenvalue weighted by Crippen LogP contribution is -2.48. The fourth-order valence-corrected chi connectivity index (χ4v) is 2.03. The van der Waals surface area contributed by atoms with E-state index in [9.17, 15) is 0 Å². The molecule has 90 valence electrons. The maximum absolute atomic E-state index is 5.16. The van der Waals surface area contributed by atoms with E-state index < -0.39 is 0 Å². The minimum absolute atomic E-state index is 0.491. The standard InChI is InChI=1S/C11H19N3O2/c1-9-6-14(4-3-12-9)7-10-5-11(8-15-2)16-13-10/h5,9,12H,3-4,6-8H2,1-2H3. The molecule has 1 N–H and O–H groups in total. The van der Waals surface area contributed by atoms with E-state index in [0.717, 1.165) is 37.6 Å². The molecule has 0 spiro atoms. The van der Waals surface area contributed by atoms with Crippen LogP contribution < -0.4 is 5.32 Å². The Morgan fingerprint density at radius 2 is 2.56 bits per heavy atom. The molecule has 1 unspecified atom stereocenters. The number of nitrogens with one attached hydrogen (secondary N) is 1.